The summed E-state index contributed by atoms with van der Waals surface area (Å²) in [4.78, 5) is 28.7. The lowest BCUT2D eigenvalue weighted by atomic mass is 10.2. The molecule has 18 heavy (non-hydrogen) atoms. The molecule has 0 bridgehead atoms. The van der Waals surface area contributed by atoms with Crippen molar-refractivity contribution in [2.75, 3.05) is 19.6 Å². The number of aromatic hydroxyl groups is 1. The van der Waals surface area contributed by atoms with Crippen molar-refractivity contribution >= 4 is 11.8 Å². The molecule has 0 aliphatic heterocycles. The van der Waals surface area contributed by atoms with Crippen molar-refractivity contribution in [2.24, 2.45) is 0 Å². The van der Waals surface area contributed by atoms with Crippen LogP contribution in [-0.2, 0) is 4.79 Å². The first-order valence-electron chi connectivity index (χ1n) is 5.79. The molecular weight excluding hydrogens is 234 g/mol. The molecule has 0 aliphatic rings. The van der Waals surface area contributed by atoms with Crippen molar-refractivity contribution in [3.63, 3.8) is 0 Å². The fraction of sp³-hybridized carbons (Fsp3) is 0.417. The lowest BCUT2D eigenvalue weighted by Gasteiger charge is -2.18. The second-order valence-corrected chi connectivity index (χ2v) is 3.64. The molecule has 0 unspecified atom stereocenters. The first kappa shape index (κ1) is 14.0. The van der Waals surface area contributed by atoms with Gasteiger partial charge in [0.25, 0.3) is 5.91 Å². The fourth-order valence-corrected chi connectivity index (χ4v) is 1.52. The van der Waals surface area contributed by atoms with Crippen LogP contribution in [0.3, 0.4) is 0 Å². The molecule has 1 aromatic heterocycles. The number of aromatic nitrogens is 1. The number of pyridine rings is 1. The minimum Gasteiger partial charge on any atom is -0.505 e. The Labute approximate surface area is 106 Å². The molecule has 6 nitrogen and oxygen atoms in total. The lowest BCUT2D eigenvalue weighted by molar-refractivity contribution is -0.129. The molecule has 98 valence electrons. The Morgan fingerprint density at radius 2 is 2.06 bits per heavy atom. The molecule has 0 aromatic carbocycles. The third-order valence-corrected chi connectivity index (χ3v) is 2.56. The van der Waals surface area contributed by atoms with Crippen LogP contribution in [0.15, 0.2) is 18.5 Å². The number of hydrogen-bond donors (Lipinski definition) is 2. The molecule has 0 aliphatic carbocycles. The smallest absolute Gasteiger partial charge is 0.255 e. The van der Waals surface area contributed by atoms with E-state index >= 15 is 0 Å². The fourth-order valence-electron chi connectivity index (χ4n) is 1.52. The summed E-state index contributed by atoms with van der Waals surface area (Å²) in [5.74, 6) is -0.845. The van der Waals surface area contributed by atoms with Crippen LogP contribution in [-0.4, -0.2) is 46.4 Å². The number of amides is 2. The number of carbonyl (C=O) groups is 2. The van der Waals surface area contributed by atoms with Crippen LogP contribution in [0.4, 0.5) is 0 Å². The number of nitrogens with one attached hydrogen (secondary N) is 1. The van der Waals surface area contributed by atoms with Crippen molar-refractivity contribution < 1.29 is 14.7 Å². The molecule has 0 radical (unpaired) electrons. The van der Waals surface area contributed by atoms with Crippen molar-refractivity contribution in [1.82, 2.24) is 15.2 Å². The highest BCUT2D eigenvalue weighted by Gasteiger charge is 2.14. The molecule has 0 saturated carbocycles. The van der Waals surface area contributed by atoms with Gasteiger partial charge in [-0.1, -0.05) is 0 Å². The summed E-state index contributed by atoms with van der Waals surface area (Å²) < 4.78 is 0. The van der Waals surface area contributed by atoms with E-state index in [0.717, 1.165) is 0 Å². The van der Waals surface area contributed by atoms with E-state index in [9.17, 15) is 14.7 Å². The molecule has 6 heteroatoms. The Bertz CT molecular complexity index is 430. The zero-order chi connectivity index (χ0) is 13.5. The Morgan fingerprint density at radius 1 is 1.39 bits per heavy atom. The second-order valence-electron chi connectivity index (χ2n) is 3.64. The first-order valence-corrected chi connectivity index (χ1v) is 5.79. The van der Waals surface area contributed by atoms with Gasteiger partial charge in [0.2, 0.25) is 5.91 Å². The van der Waals surface area contributed by atoms with Crippen LogP contribution in [0.25, 0.3) is 0 Å². The average molecular weight is 251 g/mol. The monoisotopic (exact) mass is 251 g/mol. The van der Waals surface area contributed by atoms with E-state index in [4.69, 9.17) is 0 Å². The molecule has 2 amide bonds. The van der Waals surface area contributed by atoms with E-state index in [2.05, 4.69) is 10.3 Å². The molecular formula is C12H17N3O3. The van der Waals surface area contributed by atoms with Crippen molar-refractivity contribution in [3.05, 3.63) is 24.0 Å². The molecule has 0 atom stereocenters. The Kier molecular flexibility index (Phi) is 5.10. The van der Waals surface area contributed by atoms with Crippen molar-refractivity contribution in [3.8, 4) is 5.75 Å². The molecule has 1 heterocycles. The second kappa shape index (κ2) is 6.58. The van der Waals surface area contributed by atoms with Crippen LogP contribution < -0.4 is 5.32 Å². The van der Waals surface area contributed by atoms with Gasteiger partial charge in [0.05, 0.1) is 18.3 Å². The van der Waals surface area contributed by atoms with Gasteiger partial charge in [0.15, 0.2) is 0 Å². The summed E-state index contributed by atoms with van der Waals surface area (Å²) in [6.07, 6.45) is 2.59. The number of rotatable bonds is 5. The topological polar surface area (TPSA) is 82.5 Å². The highest BCUT2D eigenvalue weighted by Crippen LogP contribution is 2.12. The predicted molar refractivity (Wildman–Crippen MR) is 66.2 cm³/mol. The maximum Gasteiger partial charge on any atom is 0.255 e. The number of carbonyl (C=O) groups excluding carboxylic acids is 2. The highest BCUT2D eigenvalue weighted by atomic mass is 16.3. The van der Waals surface area contributed by atoms with Gasteiger partial charge >= 0.3 is 0 Å². The van der Waals surface area contributed by atoms with Gasteiger partial charge in [-0.25, -0.2) is 0 Å². The Hall–Kier alpha value is -2.11. The van der Waals surface area contributed by atoms with Crippen molar-refractivity contribution in [2.45, 2.75) is 13.8 Å². The summed E-state index contributed by atoms with van der Waals surface area (Å²) in [7, 11) is 0. The van der Waals surface area contributed by atoms with Gasteiger partial charge in [-0.2, -0.15) is 0 Å². The van der Waals surface area contributed by atoms with Gasteiger partial charge in [-0.15, -0.1) is 0 Å². The van der Waals surface area contributed by atoms with E-state index in [1.165, 1.54) is 18.5 Å². The van der Waals surface area contributed by atoms with Crippen LogP contribution in [0, 0.1) is 0 Å². The molecule has 1 aromatic rings. The summed E-state index contributed by atoms with van der Waals surface area (Å²) in [6, 6.07) is 1.40. The van der Waals surface area contributed by atoms with Crippen LogP contribution in [0.5, 0.6) is 5.75 Å². The molecule has 0 fully saturated rings. The standard InChI is InChI=1S/C12H17N3O3/c1-3-15(4-2)11(17)8-14-12(18)9-5-6-13-7-10(9)16/h5-7,16H,3-4,8H2,1-2H3,(H,14,18). The Balaban J connectivity index is 2.57. The summed E-state index contributed by atoms with van der Waals surface area (Å²) in [6.45, 7) is 4.87. The van der Waals surface area contributed by atoms with Gasteiger partial charge in [0.1, 0.15) is 5.75 Å². The van der Waals surface area contributed by atoms with Gasteiger partial charge in [0, 0.05) is 19.3 Å². The van der Waals surface area contributed by atoms with Crippen LogP contribution in [0.2, 0.25) is 0 Å². The molecule has 1 rings (SSSR count). The number of nitrogens with zero attached hydrogens (tertiary/aromatic N) is 2. The van der Waals surface area contributed by atoms with E-state index in [1.807, 2.05) is 13.8 Å². The molecule has 0 saturated heterocycles. The van der Waals surface area contributed by atoms with Crippen molar-refractivity contribution in [1.29, 1.82) is 0 Å². The number of hydrogen-bond acceptors (Lipinski definition) is 4. The largest absolute Gasteiger partial charge is 0.505 e. The third-order valence-electron chi connectivity index (χ3n) is 2.56. The molecule has 2 N–H and O–H groups in total. The minimum atomic E-state index is -0.490. The van der Waals surface area contributed by atoms with E-state index in [-0.39, 0.29) is 23.8 Å². The number of likely N-dealkylation sites (N-methyl/N-ethyl adjacent to an activating group) is 1. The lowest BCUT2D eigenvalue weighted by Crippen LogP contribution is -2.40. The minimum absolute atomic E-state index is 0.0811. The summed E-state index contributed by atoms with van der Waals surface area (Å²) >= 11 is 0. The van der Waals surface area contributed by atoms with Gasteiger partial charge in [-0.3, -0.25) is 14.6 Å². The molecule has 0 spiro atoms. The first-order chi connectivity index (χ1) is 8.60. The quantitative estimate of drug-likeness (QED) is 0.792. The normalized spacial score (nSPS) is 9.89. The van der Waals surface area contributed by atoms with Gasteiger partial charge < -0.3 is 15.3 Å². The maximum absolute atomic E-state index is 11.7. The van der Waals surface area contributed by atoms with Gasteiger partial charge in [-0.05, 0) is 19.9 Å². The zero-order valence-corrected chi connectivity index (χ0v) is 10.5. The van der Waals surface area contributed by atoms with E-state index in [1.54, 1.807) is 4.90 Å². The van der Waals surface area contributed by atoms with E-state index < -0.39 is 5.91 Å². The Morgan fingerprint density at radius 3 is 2.61 bits per heavy atom. The van der Waals surface area contributed by atoms with E-state index in [0.29, 0.717) is 13.1 Å². The van der Waals surface area contributed by atoms with Crippen LogP contribution >= 0.6 is 0 Å². The SMILES string of the molecule is CCN(CC)C(=O)CNC(=O)c1ccncc1O. The zero-order valence-electron chi connectivity index (χ0n) is 10.5. The van der Waals surface area contributed by atoms with Crippen LogP contribution in [0.1, 0.15) is 24.2 Å². The summed E-state index contributed by atoms with van der Waals surface area (Å²) in [5, 5.41) is 11.9. The third kappa shape index (κ3) is 3.44. The average Bonchev–Trinajstić information content (AvgIpc) is 2.38. The maximum atomic E-state index is 11.7. The summed E-state index contributed by atoms with van der Waals surface area (Å²) in [5.41, 5.74) is 0.109. The highest BCUT2D eigenvalue weighted by molar-refractivity contribution is 5.98. The predicted octanol–water partition coefficient (Wildman–Crippen LogP) is 0.385.